The Morgan fingerprint density at radius 2 is 2.17 bits per heavy atom. The van der Waals surface area contributed by atoms with Crippen molar-refractivity contribution >= 4 is 5.69 Å². The van der Waals surface area contributed by atoms with E-state index in [-0.39, 0.29) is 5.69 Å². The van der Waals surface area contributed by atoms with Gasteiger partial charge in [-0.25, -0.2) is 0 Å². The Kier molecular flexibility index (Phi) is 6.10. The van der Waals surface area contributed by atoms with Crippen LogP contribution in [-0.4, -0.2) is 32.3 Å². The second kappa shape index (κ2) is 7.62. The van der Waals surface area contributed by atoms with E-state index < -0.39 is 4.92 Å². The van der Waals surface area contributed by atoms with Gasteiger partial charge in [0.2, 0.25) is 0 Å². The van der Waals surface area contributed by atoms with Gasteiger partial charge in [-0.2, -0.15) is 0 Å². The lowest BCUT2D eigenvalue weighted by Gasteiger charge is -2.11. The third-order valence-electron chi connectivity index (χ3n) is 2.37. The number of ether oxygens (including phenoxy) is 2. The van der Waals surface area contributed by atoms with Crippen molar-refractivity contribution in [3.63, 3.8) is 0 Å². The van der Waals surface area contributed by atoms with E-state index in [0.29, 0.717) is 25.5 Å². The van der Waals surface area contributed by atoms with Crippen molar-refractivity contribution in [3.05, 3.63) is 33.9 Å². The molecule has 0 bridgehead atoms. The number of hydrogen-bond donors (Lipinski definition) is 1. The first kappa shape index (κ1) is 14.4. The summed E-state index contributed by atoms with van der Waals surface area (Å²) in [6, 6.07) is 4.62. The molecule has 0 fully saturated rings. The maximum atomic E-state index is 10.7. The van der Waals surface area contributed by atoms with E-state index in [0.717, 1.165) is 12.0 Å². The summed E-state index contributed by atoms with van der Waals surface area (Å²) in [6.45, 7) is 1.69. The van der Waals surface area contributed by atoms with Gasteiger partial charge in [0.05, 0.1) is 11.5 Å². The third-order valence-corrected chi connectivity index (χ3v) is 2.37. The van der Waals surface area contributed by atoms with Crippen molar-refractivity contribution in [3.8, 4) is 5.75 Å². The molecular formula is C12H18N2O4. The molecule has 6 nitrogen and oxygen atoms in total. The average molecular weight is 254 g/mol. The predicted molar refractivity (Wildman–Crippen MR) is 67.8 cm³/mol. The van der Waals surface area contributed by atoms with E-state index >= 15 is 0 Å². The van der Waals surface area contributed by atoms with Crippen molar-refractivity contribution in [2.24, 2.45) is 0 Å². The lowest BCUT2D eigenvalue weighted by molar-refractivity contribution is -0.384. The highest BCUT2D eigenvalue weighted by Gasteiger charge is 2.11. The second-order valence-electron chi connectivity index (χ2n) is 3.77. The fourth-order valence-corrected chi connectivity index (χ4v) is 1.53. The van der Waals surface area contributed by atoms with Crippen LogP contribution in [0.1, 0.15) is 12.0 Å². The largest absolute Gasteiger partial charge is 0.493 e. The summed E-state index contributed by atoms with van der Waals surface area (Å²) < 4.78 is 10.5. The summed E-state index contributed by atoms with van der Waals surface area (Å²) in [6.07, 6.45) is 0.784. The molecule has 0 heterocycles. The Labute approximate surface area is 106 Å². The summed E-state index contributed by atoms with van der Waals surface area (Å²) in [4.78, 5) is 10.3. The smallest absolute Gasteiger partial charge is 0.270 e. The molecule has 0 amide bonds. The Morgan fingerprint density at radius 1 is 1.39 bits per heavy atom. The fraction of sp³-hybridized carbons (Fsp3) is 0.500. The van der Waals surface area contributed by atoms with Gasteiger partial charge in [0.25, 0.3) is 5.69 Å². The van der Waals surface area contributed by atoms with E-state index in [4.69, 9.17) is 9.47 Å². The highest BCUT2D eigenvalue weighted by molar-refractivity contribution is 5.43. The number of methoxy groups -OCH3 is 1. The number of nitrogens with one attached hydrogen (secondary N) is 1. The molecule has 0 spiro atoms. The molecule has 0 atom stereocenters. The maximum absolute atomic E-state index is 10.7. The molecule has 0 unspecified atom stereocenters. The summed E-state index contributed by atoms with van der Waals surface area (Å²) in [5, 5.41) is 13.7. The van der Waals surface area contributed by atoms with Crippen LogP contribution in [0.25, 0.3) is 0 Å². The van der Waals surface area contributed by atoms with E-state index in [1.54, 1.807) is 20.2 Å². The number of non-ortho nitro benzene ring substituents is 1. The first-order valence-corrected chi connectivity index (χ1v) is 5.72. The van der Waals surface area contributed by atoms with Crippen LogP contribution in [0.5, 0.6) is 5.75 Å². The first-order chi connectivity index (χ1) is 8.69. The molecule has 0 saturated carbocycles. The van der Waals surface area contributed by atoms with Crippen LogP contribution >= 0.6 is 0 Å². The van der Waals surface area contributed by atoms with Gasteiger partial charge in [-0.3, -0.25) is 10.1 Å². The topological polar surface area (TPSA) is 73.6 Å². The van der Waals surface area contributed by atoms with Crippen LogP contribution in [0.3, 0.4) is 0 Å². The summed E-state index contributed by atoms with van der Waals surface area (Å²) in [5.41, 5.74) is 0.855. The number of hydrogen-bond acceptors (Lipinski definition) is 5. The number of rotatable bonds is 8. The summed E-state index contributed by atoms with van der Waals surface area (Å²) in [5.74, 6) is 0.672. The molecule has 6 heteroatoms. The zero-order chi connectivity index (χ0) is 13.4. The molecule has 0 radical (unpaired) electrons. The molecule has 0 aromatic heterocycles. The molecule has 100 valence electrons. The Hall–Kier alpha value is -1.66. The average Bonchev–Trinajstić information content (AvgIpc) is 2.36. The van der Waals surface area contributed by atoms with Gasteiger partial charge in [0.15, 0.2) is 0 Å². The monoisotopic (exact) mass is 254 g/mol. The number of nitrogens with zero attached hydrogens (tertiary/aromatic N) is 1. The lowest BCUT2D eigenvalue weighted by Crippen LogP contribution is -2.09. The van der Waals surface area contributed by atoms with Gasteiger partial charge < -0.3 is 14.8 Å². The summed E-state index contributed by atoms with van der Waals surface area (Å²) >= 11 is 0. The van der Waals surface area contributed by atoms with Crippen LogP contribution in [0.4, 0.5) is 5.69 Å². The van der Waals surface area contributed by atoms with Crippen LogP contribution in [0.2, 0.25) is 0 Å². The Bertz CT molecular complexity index is 396. The molecule has 1 rings (SSSR count). The third kappa shape index (κ3) is 4.31. The predicted octanol–water partition coefficient (Wildman–Crippen LogP) is 1.73. The van der Waals surface area contributed by atoms with E-state index in [1.807, 2.05) is 0 Å². The molecule has 0 aliphatic heterocycles. The molecule has 1 N–H and O–H groups in total. The summed E-state index contributed by atoms with van der Waals surface area (Å²) in [7, 11) is 3.42. The zero-order valence-corrected chi connectivity index (χ0v) is 10.6. The Balaban J connectivity index is 2.73. The number of nitro benzene ring substituents is 1. The van der Waals surface area contributed by atoms with E-state index in [9.17, 15) is 10.1 Å². The van der Waals surface area contributed by atoms with Crippen molar-refractivity contribution in [1.29, 1.82) is 0 Å². The molecular weight excluding hydrogens is 236 g/mol. The number of benzene rings is 1. The standard InChI is InChI=1S/C12H18N2O4/c1-13-9-10-8-11(14(15)16)4-5-12(10)18-7-3-6-17-2/h4-5,8,13H,3,6-7,9H2,1-2H3. The zero-order valence-electron chi connectivity index (χ0n) is 10.6. The number of nitro groups is 1. The van der Waals surface area contributed by atoms with Crippen LogP contribution in [-0.2, 0) is 11.3 Å². The van der Waals surface area contributed by atoms with Crippen molar-refractivity contribution < 1.29 is 14.4 Å². The first-order valence-electron chi connectivity index (χ1n) is 5.72. The Morgan fingerprint density at radius 3 is 2.78 bits per heavy atom. The normalized spacial score (nSPS) is 10.3. The minimum Gasteiger partial charge on any atom is -0.493 e. The van der Waals surface area contributed by atoms with E-state index in [2.05, 4.69) is 5.32 Å². The van der Waals surface area contributed by atoms with Gasteiger partial charge >= 0.3 is 0 Å². The minimum absolute atomic E-state index is 0.0736. The second-order valence-corrected chi connectivity index (χ2v) is 3.77. The molecule has 18 heavy (non-hydrogen) atoms. The van der Waals surface area contributed by atoms with Gasteiger partial charge in [-0.1, -0.05) is 0 Å². The van der Waals surface area contributed by atoms with Gasteiger partial charge in [0.1, 0.15) is 5.75 Å². The molecule has 1 aromatic rings. The molecule has 0 saturated heterocycles. The molecule has 0 aliphatic rings. The van der Waals surface area contributed by atoms with E-state index in [1.165, 1.54) is 12.1 Å². The molecule has 1 aromatic carbocycles. The van der Waals surface area contributed by atoms with Crippen molar-refractivity contribution in [1.82, 2.24) is 5.32 Å². The fourth-order valence-electron chi connectivity index (χ4n) is 1.53. The minimum atomic E-state index is -0.409. The highest BCUT2D eigenvalue weighted by atomic mass is 16.6. The van der Waals surface area contributed by atoms with Crippen molar-refractivity contribution in [2.75, 3.05) is 27.4 Å². The van der Waals surface area contributed by atoms with Gasteiger partial charge in [-0.15, -0.1) is 0 Å². The lowest BCUT2D eigenvalue weighted by atomic mass is 10.1. The van der Waals surface area contributed by atoms with Crippen LogP contribution in [0, 0.1) is 10.1 Å². The SMILES string of the molecule is CNCc1cc([N+](=O)[O-])ccc1OCCCOC. The maximum Gasteiger partial charge on any atom is 0.270 e. The van der Waals surface area contributed by atoms with Gasteiger partial charge in [-0.05, 0) is 13.1 Å². The highest BCUT2D eigenvalue weighted by Crippen LogP contribution is 2.24. The molecule has 0 aliphatic carbocycles. The van der Waals surface area contributed by atoms with Crippen molar-refractivity contribution in [2.45, 2.75) is 13.0 Å². The van der Waals surface area contributed by atoms with Crippen LogP contribution < -0.4 is 10.1 Å². The quantitative estimate of drug-likeness (QED) is 0.434. The van der Waals surface area contributed by atoms with Gasteiger partial charge in [0, 0.05) is 44.4 Å². The van der Waals surface area contributed by atoms with Crippen LogP contribution in [0.15, 0.2) is 18.2 Å².